The van der Waals surface area contributed by atoms with E-state index in [0.717, 1.165) is 12.1 Å². The summed E-state index contributed by atoms with van der Waals surface area (Å²) in [5.74, 6) is 0.999. The lowest BCUT2D eigenvalue weighted by Gasteiger charge is -2.32. The molecule has 1 aromatic rings. The molecule has 114 valence electrons. The lowest BCUT2D eigenvalue weighted by molar-refractivity contribution is -0.126. The number of hydrogen-bond donors (Lipinski definition) is 1. The van der Waals surface area contributed by atoms with E-state index in [1.807, 2.05) is 19.0 Å². The van der Waals surface area contributed by atoms with Gasteiger partial charge in [-0.2, -0.15) is 4.98 Å². The quantitative estimate of drug-likeness (QED) is 0.845. The maximum absolute atomic E-state index is 13.0. The summed E-state index contributed by atoms with van der Waals surface area (Å²) in [6, 6.07) is 0. The standard InChI is InChI=1S/C14H21N5O2/c1-18(2)5-6-19-11-10(9-16-13(15)17-11)14(12(19)20)3-7-21-8-4-14/h9H,3-8H2,1-2H3,(H2,15,16,17). The average molecular weight is 291 g/mol. The highest BCUT2D eigenvalue weighted by Gasteiger charge is 2.52. The number of carbonyl (C=O) groups excluding carboxylic acids is 1. The molecule has 1 aromatic heterocycles. The van der Waals surface area contributed by atoms with E-state index in [0.29, 0.717) is 38.4 Å². The first-order chi connectivity index (χ1) is 10.0. The summed E-state index contributed by atoms with van der Waals surface area (Å²) in [7, 11) is 3.97. The summed E-state index contributed by atoms with van der Waals surface area (Å²) in [5.41, 5.74) is 6.10. The van der Waals surface area contributed by atoms with E-state index in [9.17, 15) is 4.79 Å². The molecule has 1 spiro atoms. The van der Waals surface area contributed by atoms with Crippen LogP contribution in [-0.2, 0) is 14.9 Å². The van der Waals surface area contributed by atoms with Gasteiger partial charge in [0.15, 0.2) is 0 Å². The molecule has 2 N–H and O–H groups in total. The molecule has 0 radical (unpaired) electrons. The summed E-state index contributed by atoms with van der Waals surface area (Å²) < 4.78 is 5.43. The smallest absolute Gasteiger partial charge is 0.239 e. The summed E-state index contributed by atoms with van der Waals surface area (Å²) >= 11 is 0. The minimum Gasteiger partial charge on any atom is -0.381 e. The number of amides is 1. The summed E-state index contributed by atoms with van der Waals surface area (Å²) in [5, 5.41) is 0. The highest BCUT2D eigenvalue weighted by molar-refractivity contribution is 6.07. The Kier molecular flexibility index (Phi) is 3.54. The van der Waals surface area contributed by atoms with Gasteiger partial charge in [0.2, 0.25) is 11.9 Å². The average Bonchev–Trinajstić information content (AvgIpc) is 2.67. The van der Waals surface area contributed by atoms with Crippen molar-refractivity contribution >= 4 is 17.7 Å². The van der Waals surface area contributed by atoms with Crippen LogP contribution < -0.4 is 10.6 Å². The predicted molar refractivity (Wildman–Crippen MR) is 79.1 cm³/mol. The molecule has 0 aromatic carbocycles. The summed E-state index contributed by atoms with van der Waals surface area (Å²) in [6.45, 7) is 2.58. The Morgan fingerprint density at radius 1 is 1.43 bits per heavy atom. The number of aromatic nitrogens is 2. The topological polar surface area (TPSA) is 84.6 Å². The van der Waals surface area contributed by atoms with Gasteiger partial charge in [-0.25, -0.2) is 4.98 Å². The maximum atomic E-state index is 13.0. The van der Waals surface area contributed by atoms with E-state index in [-0.39, 0.29) is 11.9 Å². The van der Waals surface area contributed by atoms with Gasteiger partial charge in [-0.3, -0.25) is 9.69 Å². The van der Waals surface area contributed by atoms with Crippen LogP contribution in [0.1, 0.15) is 18.4 Å². The molecule has 1 saturated heterocycles. The lowest BCUT2D eigenvalue weighted by Crippen LogP contribution is -2.45. The van der Waals surface area contributed by atoms with Crippen molar-refractivity contribution in [2.75, 3.05) is 51.0 Å². The molecule has 7 heteroatoms. The number of carbonyl (C=O) groups is 1. The Hall–Kier alpha value is -1.73. The largest absolute Gasteiger partial charge is 0.381 e. The van der Waals surface area contributed by atoms with Crippen LogP contribution in [-0.4, -0.2) is 61.2 Å². The van der Waals surface area contributed by atoms with Crippen LogP contribution in [0.3, 0.4) is 0 Å². The van der Waals surface area contributed by atoms with Crippen molar-refractivity contribution in [2.24, 2.45) is 0 Å². The Morgan fingerprint density at radius 3 is 2.81 bits per heavy atom. The number of anilines is 2. The highest BCUT2D eigenvalue weighted by atomic mass is 16.5. The summed E-state index contributed by atoms with van der Waals surface area (Å²) in [4.78, 5) is 25.2. The van der Waals surface area contributed by atoms with Gasteiger partial charge in [0.1, 0.15) is 5.82 Å². The van der Waals surface area contributed by atoms with Gasteiger partial charge < -0.3 is 15.4 Å². The number of fused-ring (bicyclic) bond motifs is 2. The Balaban J connectivity index is 2.00. The number of nitrogen functional groups attached to an aromatic ring is 1. The van der Waals surface area contributed by atoms with E-state index in [2.05, 4.69) is 9.97 Å². The van der Waals surface area contributed by atoms with Crippen LogP contribution >= 0.6 is 0 Å². The van der Waals surface area contributed by atoms with Gasteiger partial charge in [-0.1, -0.05) is 0 Å². The Bertz CT molecular complexity index is 554. The number of likely N-dealkylation sites (N-methyl/N-ethyl adjacent to an activating group) is 1. The molecule has 0 saturated carbocycles. The molecule has 2 aliphatic rings. The molecule has 1 amide bonds. The number of rotatable bonds is 3. The van der Waals surface area contributed by atoms with Crippen molar-refractivity contribution in [2.45, 2.75) is 18.3 Å². The first kappa shape index (κ1) is 14.2. The fraction of sp³-hybridized carbons (Fsp3) is 0.643. The maximum Gasteiger partial charge on any atom is 0.239 e. The minimum atomic E-state index is -0.520. The van der Waals surface area contributed by atoms with E-state index >= 15 is 0 Å². The van der Waals surface area contributed by atoms with Crippen molar-refractivity contribution < 1.29 is 9.53 Å². The van der Waals surface area contributed by atoms with E-state index < -0.39 is 5.41 Å². The monoisotopic (exact) mass is 291 g/mol. The van der Waals surface area contributed by atoms with Crippen molar-refractivity contribution in [1.82, 2.24) is 14.9 Å². The molecular formula is C14H21N5O2. The van der Waals surface area contributed by atoms with Crippen molar-refractivity contribution in [3.05, 3.63) is 11.8 Å². The van der Waals surface area contributed by atoms with Gasteiger partial charge in [0.05, 0.1) is 5.41 Å². The van der Waals surface area contributed by atoms with E-state index in [1.54, 1.807) is 11.1 Å². The van der Waals surface area contributed by atoms with Crippen LogP contribution in [0.25, 0.3) is 0 Å². The molecular weight excluding hydrogens is 270 g/mol. The zero-order chi connectivity index (χ0) is 15.0. The van der Waals surface area contributed by atoms with Gasteiger partial charge in [-0.15, -0.1) is 0 Å². The highest BCUT2D eigenvalue weighted by Crippen LogP contribution is 2.46. The van der Waals surface area contributed by atoms with Crippen LogP contribution in [0, 0.1) is 0 Å². The Labute approximate surface area is 124 Å². The Morgan fingerprint density at radius 2 is 2.14 bits per heavy atom. The molecule has 3 heterocycles. The van der Waals surface area contributed by atoms with Crippen LogP contribution in [0.4, 0.5) is 11.8 Å². The molecule has 0 aliphatic carbocycles. The van der Waals surface area contributed by atoms with E-state index in [4.69, 9.17) is 10.5 Å². The first-order valence-corrected chi connectivity index (χ1v) is 7.22. The van der Waals surface area contributed by atoms with Crippen LogP contribution in [0.2, 0.25) is 0 Å². The van der Waals surface area contributed by atoms with Crippen molar-refractivity contribution in [3.63, 3.8) is 0 Å². The van der Waals surface area contributed by atoms with Crippen LogP contribution in [0.15, 0.2) is 6.20 Å². The van der Waals surface area contributed by atoms with Gasteiger partial charge >= 0.3 is 0 Å². The molecule has 3 rings (SSSR count). The fourth-order valence-corrected chi connectivity index (χ4v) is 3.11. The minimum absolute atomic E-state index is 0.113. The second-order valence-electron chi connectivity index (χ2n) is 5.92. The zero-order valence-electron chi connectivity index (χ0n) is 12.5. The fourth-order valence-electron chi connectivity index (χ4n) is 3.11. The third kappa shape index (κ3) is 2.26. The number of ether oxygens (including phenoxy) is 1. The lowest BCUT2D eigenvalue weighted by atomic mass is 9.76. The van der Waals surface area contributed by atoms with Gasteiger partial charge in [0, 0.05) is 38.1 Å². The second kappa shape index (κ2) is 5.23. The molecule has 1 fully saturated rings. The number of nitrogens with zero attached hydrogens (tertiary/aromatic N) is 4. The second-order valence-corrected chi connectivity index (χ2v) is 5.92. The molecule has 2 aliphatic heterocycles. The first-order valence-electron chi connectivity index (χ1n) is 7.22. The number of hydrogen-bond acceptors (Lipinski definition) is 6. The third-order valence-electron chi connectivity index (χ3n) is 4.33. The SMILES string of the molecule is CN(C)CCN1C(=O)C2(CCOCC2)c2cnc(N)nc21. The molecule has 0 unspecified atom stereocenters. The number of nitrogens with two attached hydrogens (primary N) is 1. The molecule has 0 bridgehead atoms. The van der Waals surface area contributed by atoms with Gasteiger partial charge in [-0.05, 0) is 26.9 Å². The predicted octanol–water partition coefficient (Wildman–Crippen LogP) is 0.0152. The summed E-state index contributed by atoms with van der Waals surface area (Å²) in [6.07, 6.45) is 3.09. The normalized spacial score (nSPS) is 20.3. The van der Waals surface area contributed by atoms with Gasteiger partial charge in [0.25, 0.3) is 0 Å². The van der Waals surface area contributed by atoms with E-state index in [1.165, 1.54) is 0 Å². The van der Waals surface area contributed by atoms with Crippen molar-refractivity contribution in [3.8, 4) is 0 Å². The van der Waals surface area contributed by atoms with Crippen LogP contribution in [0.5, 0.6) is 0 Å². The molecule has 7 nitrogen and oxygen atoms in total. The molecule has 0 atom stereocenters. The third-order valence-corrected chi connectivity index (χ3v) is 4.33. The van der Waals surface area contributed by atoms with Crippen molar-refractivity contribution in [1.29, 1.82) is 0 Å². The molecule has 21 heavy (non-hydrogen) atoms. The zero-order valence-corrected chi connectivity index (χ0v) is 12.5.